The number of thiazole rings is 1. The molecule has 0 spiro atoms. The summed E-state index contributed by atoms with van der Waals surface area (Å²) < 4.78 is 0. The van der Waals surface area contributed by atoms with Crippen LogP contribution in [0, 0.1) is 5.92 Å². The zero-order chi connectivity index (χ0) is 10.7. The lowest BCUT2D eigenvalue weighted by molar-refractivity contribution is -0.138. The molecule has 0 radical (unpaired) electrons. The number of aromatic nitrogens is 1. The first-order valence-electron chi connectivity index (χ1n) is 5.12. The average molecular weight is 226 g/mol. The van der Waals surface area contributed by atoms with E-state index in [1.54, 1.807) is 17.5 Å². The van der Waals surface area contributed by atoms with Gasteiger partial charge >= 0.3 is 5.97 Å². The van der Waals surface area contributed by atoms with Gasteiger partial charge in [-0.3, -0.25) is 4.79 Å². The van der Waals surface area contributed by atoms with Crippen LogP contribution in [0.25, 0.3) is 0 Å². The van der Waals surface area contributed by atoms with E-state index in [4.69, 9.17) is 5.11 Å². The highest BCUT2D eigenvalue weighted by molar-refractivity contribution is 7.13. The number of carboxylic acids is 1. The number of nitrogens with zero attached hydrogens (tertiary/aromatic N) is 2. The summed E-state index contributed by atoms with van der Waals surface area (Å²) >= 11 is 1.62. The third-order valence-corrected chi connectivity index (χ3v) is 3.50. The van der Waals surface area contributed by atoms with Gasteiger partial charge in [-0.2, -0.15) is 0 Å². The zero-order valence-electron chi connectivity index (χ0n) is 8.43. The van der Waals surface area contributed by atoms with E-state index in [0.717, 1.165) is 31.1 Å². The highest BCUT2D eigenvalue weighted by Crippen LogP contribution is 2.26. The average Bonchev–Trinajstić information content (AvgIpc) is 2.69. The molecule has 5 heteroatoms. The summed E-state index contributed by atoms with van der Waals surface area (Å²) in [6.07, 6.45) is 4.16. The highest BCUT2D eigenvalue weighted by atomic mass is 32.1. The van der Waals surface area contributed by atoms with Crippen LogP contribution in [0.4, 0.5) is 5.13 Å². The molecular formula is C10H14N2O2S. The van der Waals surface area contributed by atoms with Crippen molar-refractivity contribution in [2.24, 2.45) is 5.92 Å². The van der Waals surface area contributed by atoms with E-state index >= 15 is 0 Å². The summed E-state index contributed by atoms with van der Waals surface area (Å²) in [5.74, 6) is -0.416. The van der Waals surface area contributed by atoms with E-state index in [1.807, 2.05) is 5.38 Å². The summed E-state index contributed by atoms with van der Waals surface area (Å²) in [6.45, 7) is 1.84. The molecular weight excluding hydrogens is 212 g/mol. The molecule has 1 fully saturated rings. The Hall–Kier alpha value is -1.10. The lowest BCUT2D eigenvalue weighted by Gasteiger charge is -2.31. The maximum atomic E-state index is 10.6. The van der Waals surface area contributed by atoms with Crippen molar-refractivity contribution in [1.29, 1.82) is 0 Å². The van der Waals surface area contributed by atoms with E-state index < -0.39 is 5.97 Å². The molecule has 82 valence electrons. The Morgan fingerprint density at radius 2 is 2.60 bits per heavy atom. The second kappa shape index (κ2) is 4.61. The van der Waals surface area contributed by atoms with Crippen LogP contribution in [0.3, 0.4) is 0 Å². The van der Waals surface area contributed by atoms with Crippen molar-refractivity contribution in [2.75, 3.05) is 18.0 Å². The Morgan fingerprint density at radius 1 is 1.73 bits per heavy atom. The molecule has 1 N–H and O–H groups in total. The third-order valence-electron chi connectivity index (χ3n) is 2.67. The Balaban J connectivity index is 1.95. The number of aliphatic carboxylic acids is 1. The number of hydrogen-bond donors (Lipinski definition) is 1. The standard InChI is InChI=1S/C10H14N2O2S/c13-9(14)6-8-2-1-4-12(7-8)10-11-3-5-15-10/h3,5,8H,1-2,4,6-7H2,(H,13,14). The first-order valence-corrected chi connectivity index (χ1v) is 6.00. The zero-order valence-corrected chi connectivity index (χ0v) is 9.24. The van der Waals surface area contributed by atoms with Crippen LogP contribution >= 0.6 is 11.3 Å². The molecule has 2 heterocycles. The van der Waals surface area contributed by atoms with Crippen molar-refractivity contribution in [2.45, 2.75) is 19.3 Å². The second-order valence-corrected chi connectivity index (χ2v) is 4.74. The fourth-order valence-electron chi connectivity index (χ4n) is 2.02. The predicted molar refractivity (Wildman–Crippen MR) is 59.3 cm³/mol. The van der Waals surface area contributed by atoms with Gasteiger partial charge in [0.2, 0.25) is 0 Å². The first-order chi connectivity index (χ1) is 7.25. The smallest absolute Gasteiger partial charge is 0.303 e. The van der Waals surface area contributed by atoms with Crippen LogP contribution in [-0.4, -0.2) is 29.1 Å². The van der Waals surface area contributed by atoms with Crippen molar-refractivity contribution in [3.63, 3.8) is 0 Å². The van der Waals surface area contributed by atoms with Gasteiger partial charge in [0.1, 0.15) is 0 Å². The maximum absolute atomic E-state index is 10.6. The monoisotopic (exact) mass is 226 g/mol. The number of hydrogen-bond acceptors (Lipinski definition) is 4. The van der Waals surface area contributed by atoms with Crippen molar-refractivity contribution >= 4 is 22.4 Å². The van der Waals surface area contributed by atoms with E-state index in [0.29, 0.717) is 0 Å². The Bertz CT molecular complexity index is 326. The van der Waals surface area contributed by atoms with Gasteiger partial charge in [0.15, 0.2) is 5.13 Å². The van der Waals surface area contributed by atoms with Crippen LogP contribution in [-0.2, 0) is 4.79 Å². The molecule has 1 atom stereocenters. The third kappa shape index (κ3) is 2.68. The van der Waals surface area contributed by atoms with Gasteiger partial charge in [-0.1, -0.05) is 0 Å². The molecule has 1 aromatic rings. The van der Waals surface area contributed by atoms with Crippen molar-refractivity contribution in [3.8, 4) is 0 Å². The Labute approximate surface area is 92.6 Å². The van der Waals surface area contributed by atoms with Gasteiger partial charge < -0.3 is 10.0 Å². The molecule has 4 nitrogen and oxygen atoms in total. The summed E-state index contributed by atoms with van der Waals surface area (Å²) in [6, 6.07) is 0. The number of rotatable bonds is 3. The normalized spacial score (nSPS) is 21.6. The lowest BCUT2D eigenvalue weighted by atomic mass is 9.95. The second-order valence-electron chi connectivity index (χ2n) is 3.87. The molecule has 0 bridgehead atoms. The van der Waals surface area contributed by atoms with Crippen LogP contribution in [0.5, 0.6) is 0 Å². The summed E-state index contributed by atoms with van der Waals surface area (Å²) in [4.78, 5) is 17.1. The molecule has 15 heavy (non-hydrogen) atoms. The van der Waals surface area contributed by atoms with Gasteiger partial charge in [-0.25, -0.2) is 4.98 Å². The fraction of sp³-hybridized carbons (Fsp3) is 0.600. The van der Waals surface area contributed by atoms with Gasteiger partial charge in [-0.05, 0) is 18.8 Å². The van der Waals surface area contributed by atoms with E-state index in [9.17, 15) is 4.79 Å². The number of anilines is 1. The van der Waals surface area contributed by atoms with Crippen LogP contribution in [0.15, 0.2) is 11.6 Å². The quantitative estimate of drug-likeness (QED) is 0.854. The number of carbonyl (C=O) groups is 1. The van der Waals surface area contributed by atoms with E-state index in [2.05, 4.69) is 9.88 Å². The topological polar surface area (TPSA) is 53.4 Å². The molecule has 1 saturated heterocycles. The lowest BCUT2D eigenvalue weighted by Crippen LogP contribution is -2.36. The van der Waals surface area contributed by atoms with Gasteiger partial charge in [0.25, 0.3) is 0 Å². The molecule has 1 aromatic heterocycles. The van der Waals surface area contributed by atoms with Crippen molar-refractivity contribution in [3.05, 3.63) is 11.6 Å². The fourth-order valence-corrected chi connectivity index (χ4v) is 2.70. The summed E-state index contributed by atoms with van der Waals surface area (Å²) in [5.41, 5.74) is 0. The molecule has 0 aliphatic carbocycles. The largest absolute Gasteiger partial charge is 0.481 e. The minimum atomic E-state index is -0.694. The molecule has 1 aliphatic rings. The minimum Gasteiger partial charge on any atom is -0.481 e. The molecule has 2 rings (SSSR count). The first kappa shape index (κ1) is 10.4. The number of piperidine rings is 1. The molecule has 0 aromatic carbocycles. The Morgan fingerprint density at radius 3 is 3.27 bits per heavy atom. The molecule has 0 amide bonds. The Kier molecular flexibility index (Phi) is 3.20. The SMILES string of the molecule is O=C(O)CC1CCCN(c2nccs2)C1. The maximum Gasteiger partial charge on any atom is 0.303 e. The molecule has 1 aliphatic heterocycles. The van der Waals surface area contributed by atoms with Crippen LogP contribution in [0.1, 0.15) is 19.3 Å². The van der Waals surface area contributed by atoms with E-state index in [1.165, 1.54) is 0 Å². The van der Waals surface area contributed by atoms with E-state index in [-0.39, 0.29) is 12.3 Å². The van der Waals surface area contributed by atoms with Crippen LogP contribution < -0.4 is 4.90 Å². The van der Waals surface area contributed by atoms with Crippen LogP contribution in [0.2, 0.25) is 0 Å². The van der Waals surface area contributed by atoms with Crippen molar-refractivity contribution in [1.82, 2.24) is 4.98 Å². The van der Waals surface area contributed by atoms with Crippen molar-refractivity contribution < 1.29 is 9.90 Å². The predicted octanol–water partition coefficient (Wildman–Crippen LogP) is 1.83. The highest BCUT2D eigenvalue weighted by Gasteiger charge is 2.23. The summed E-state index contributed by atoms with van der Waals surface area (Å²) in [5, 5.41) is 11.7. The van der Waals surface area contributed by atoms with Gasteiger partial charge in [0, 0.05) is 31.1 Å². The molecule has 0 saturated carbocycles. The van der Waals surface area contributed by atoms with Gasteiger partial charge in [0.05, 0.1) is 0 Å². The minimum absolute atomic E-state index is 0.278. The van der Waals surface area contributed by atoms with Gasteiger partial charge in [-0.15, -0.1) is 11.3 Å². The number of carboxylic acid groups (broad SMARTS) is 1. The summed E-state index contributed by atoms with van der Waals surface area (Å²) in [7, 11) is 0. The molecule has 1 unspecified atom stereocenters.